The van der Waals surface area contributed by atoms with Crippen LogP contribution in [0, 0.1) is 13.8 Å². The number of rotatable bonds is 5. The predicted octanol–water partition coefficient (Wildman–Crippen LogP) is 0.0272. The summed E-state index contributed by atoms with van der Waals surface area (Å²) >= 11 is 0. The van der Waals surface area contributed by atoms with Gasteiger partial charge in [0.25, 0.3) is 0 Å². The predicted molar refractivity (Wildman–Crippen MR) is 64.7 cm³/mol. The first-order valence-electron chi connectivity index (χ1n) is 5.21. The smallest absolute Gasteiger partial charge is 0.324 e. The van der Waals surface area contributed by atoms with Gasteiger partial charge in [0.2, 0.25) is 10.0 Å². The number of hydrogen-bond donors (Lipinski definition) is 3. The fourth-order valence-electron chi connectivity index (χ4n) is 1.30. The second kappa shape index (κ2) is 5.47. The molecule has 7 heteroatoms. The minimum atomic E-state index is -3.95. The van der Waals surface area contributed by atoms with Crippen LogP contribution in [0.2, 0.25) is 0 Å². The van der Waals surface area contributed by atoms with Crippen LogP contribution in [0.25, 0.3) is 0 Å². The lowest BCUT2D eigenvalue weighted by Gasteiger charge is -2.13. The van der Waals surface area contributed by atoms with Gasteiger partial charge in [0.15, 0.2) is 0 Å². The Morgan fingerprint density at radius 2 is 1.94 bits per heavy atom. The summed E-state index contributed by atoms with van der Waals surface area (Å²) in [6.07, 6.45) is 0. The topological polar surface area (TPSA) is 104 Å². The largest absolute Gasteiger partial charge is 0.480 e. The molecule has 0 spiro atoms. The SMILES string of the molecule is Cc1ccc(S(=O)(=O)N[C@@H](CO)C(=O)O)cc1C. The molecule has 3 N–H and O–H groups in total. The van der Waals surface area contributed by atoms with Crippen LogP contribution in [0.4, 0.5) is 0 Å². The third kappa shape index (κ3) is 3.28. The summed E-state index contributed by atoms with van der Waals surface area (Å²) in [5, 5.41) is 17.5. The van der Waals surface area contributed by atoms with Crippen molar-refractivity contribution >= 4 is 16.0 Å². The van der Waals surface area contributed by atoms with Crippen LogP contribution in [0.1, 0.15) is 11.1 Å². The molecule has 0 aliphatic carbocycles. The van der Waals surface area contributed by atoms with Gasteiger partial charge in [-0.05, 0) is 37.1 Å². The van der Waals surface area contributed by atoms with Gasteiger partial charge in [0, 0.05) is 0 Å². The molecule has 0 aromatic heterocycles. The molecular weight excluding hydrogens is 258 g/mol. The van der Waals surface area contributed by atoms with Crippen molar-refractivity contribution in [3.63, 3.8) is 0 Å². The number of aliphatic hydroxyl groups excluding tert-OH is 1. The average molecular weight is 273 g/mol. The molecule has 0 bridgehead atoms. The number of aliphatic hydroxyl groups is 1. The molecule has 18 heavy (non-hydrogen) atoms. The number of sulfonamides is 1. The molecule has 0 amide bonds. The van der Waals surface area contributed by atoms with Crippen molar-refractivity contribution in [3.8, 4) is 0 Å². The van der Waals surface area contributed by atoms with Crippen LogP contribution < -0.4 is 4.72 Å². The Bertz CT molecular complexity index is 553. The molecule has 0 saturated carbocycles. The molecule has 1 atom stereocenters. The van der Waals surface area contributed by atoms with E-state index in [1.165, 1.54) is 12.1 Å². The van der Waals surface area contributed by atoms with Gasteiger partial charge in [-0.25, -0.2) is 8.42 Å². The molecule has 1 aromatic carbocycles. The maximum atomic E-state index is 11.9. The summed E-state index contributed by atoms with van der Waals surface area (Å²) in [5.41, 5.74) is 1.72. The Balaban J connectivity index is 3.06. The fraction of sp³-hybridized carbons (Fsp3) is 0.364. The first-order chi connectivity index (χ1) is 8.27. The van der Waals surface area contributed by atoms with Gasteiger partial charge in [-0.3, -0.25) is 4.79 Å². The zero-order chi connectivity index (χ0) is 13.9. The number of carboxylic acids is 1. The zero-order valence-electron chi connectivity index (χ0n) is 10.0. The second-order valence-electron chi connectivity index (χ2n) is 3.94. The highest BCUT2D eigenvalue weighted by molar-refractivity contribution is 7.89. The maximum Gasteiger partial charge on any atom is 0.324 e. The van der Waals surface area contributed by atoms with Crippen LogP contribution in [-0.2, 0) is 14.8 Å². The van der Waals surface area contributed by atoms with Crippen molar-refractivity contribution in [1.29, 1.82) is 0 Å². The van der Waals surface area contributed by atoms with Gasteiger partial charge >= 0.3 is 5.97 Å². The Labute approximate surface area is 105 Å². The second-order valence-corrected chi connectivity index (χ2v) is 5.65. The van der Waals surface area contributed by atoms with Crippen molar-refractivity contribution < 1.29 is 23.4 Å². The molecule has 1 rings (SSSR count). The highest BCUT2D eigenvalue weighted by atomic mass is 32.2. The van der Waals surface area contributed by atoms with Crippen molar-refractivity contribution in [2.45, 2.75) is 24.8 Å². The van der Waals surface area contributed by atoms with Gasteiger partial charge in [-0.15, -0.1) is 0 Å². The van der Waals surface area contributed by atoms with E-state index in [4.69, 9.17) is 10.2 Å². The summed E-state index contributed by atoms with van der Waals surface area (Å²) in [5.74, 6) is -1.43. The lowest BCUT2D eigenvalue weighted by molar-refractivity contribution is -0.139. The molecule has 0 heterocycles. The molecule has 0 aliphatic rings. The number of carbonyl (C=O) groups is 1. The van der Waals surface area contributed by atoms with Gasteiger partial charge in [-0.2, -0.15) is 4.72 Å². The number of nitrogens with one attached hydrogen (secondary N) is 1. The van der Waals surface area contributed by atoms with Crippen LogP contribution in [0.5, 0.6) is 0 Å². The molecule has 1 aromatic rings. The van der Waals surface area contributed by atoms with Crippen molar-refractivity contribution in [2.24, 2.45) is 0 Å². The molecule has 0 aliphatic heterocycles. The van der Waals surface area contributed by atoms with E-state index in [1.807, 2.05) is 11.6 Å². The van der Waals surface area contributed by atoms with Crippen LogP contribution in [0.15, 0.2) is 23.1 Å². The Hall–Kier alpha value is -1.44. The quantitative estimate of drug-likeness (QED) is 0.702. The minimum absolute atomic E-state index is 0.0229. The van der Waals surface area contributed by atoms with Crippen LogP contribution in [-0.4, -0.2) is 37.2 Å². The van der Waals surface area contributed by atoms with E-state index in [2.05, 4.69) is 0 Å². The van der Waals surface area contributed by atoms with E-state index in [-0.39, 0.29) is 4.90 Å². The molecular formula is C11H15NO5S. The third-order valence-corrected chi connectivity index (χ3v) is 4.04. The summed E-state index contributed by atoms with van der Waals surface area (Å²) < 4.78 is 25.7. The van der Waals surface area contributed by atoms with Gasteiger partial charge in [-0.1, -0.05) is 6.07 Å². The van der Waals surface area contributed by atoms with Crippen molar-refractivity contribution in [1.82, 2.24) is 4.72 Å². The fourth-order valence-corrected chi connectivity index (χ4v) is 2.57. The molecule has 0 fully saturated rings. The van der Waals surface area contributed by atoms with Gasteiger partial charge < -0.3 is 10.2 Å². The Morgan fingerprint density at radius 3 is 2.39 bits per heavy atom. The molecule has 0 saturated heterocycles. The highest BCUT2D eigenvalue weighted by Crippen LogP contribution is 2.14. The zero-order valence-corrected chi connectivity index (χ0v) is 10.9. The van der Waals surface area contributed by atoms with E-state index >= 15 is 0 Å². The Morgan fingerprint density at radius 1 is 1.33 bits per heavy atom. The maximum absolute atomic E-state index is 11.9. The van der Waals surface area contributed by atoms with E-state index in [0.717, 1.165) is 11.1 Å². The summed E-state index contributed by atoms with van der Waals surface area (Å²) in [6.45, 7) is 2.79. The van der Waals surface area contributed by atoms with E-state index in [0.29, 0.717) is 0 Å². The normalized spacial score (nSPS) is 13.3. The molecule has 0 unspecified atom stereocenters. The van der Waals surface area contributed by atoms with Gasteiger partial charge in [0.1, 0.15) is 6.04 Å². The van der Waals surface area contributed by atoms with Gasteiger partial charge in [0.05, 0.1) is 11.5 Å². The van der Waals surface area contributed by atoms with Crippen LogP contribution in [0.3, 0.4) is 0 Å². The average Bonchev–Trinajstić information content (AvgIpc) is 2.29. The van der Waals surface area contributed by atoms with E-state index < -0.39 is 28.6 Å². The minimum Gasteiger partial charge on any atom is -0.480 e. The number of hydrogen-bond acceptors (Lipinski definition) is 4. The first kappa shape index (κ1) is 14.6. The van der Waals surface area contributed by atoms with Crippen molar-refractivity contribution in [2.75, 3.05) is 6.61 Å². The van der Waals surface area contributed by atoms with E-state index in [9.17, 15) is 13.2 Å². The molecule has 0 radical (unpaired) electrons. The van der Waals surface area contributed by atoms with Crippen molar-refractivity contribution in [3.05, 3.63) is 29.3 Å². The monoisotopic (exact) mass is 273 g/mol. The van der Waals surface area contributed by atoms with Crippen LogP contribution >= 0.6 is 0 Å². The number of carboxylic acid groups (broad SMARTS) is 1. The summed E-state index contributed by atoms with van der Waals surface area (Å²) in [6, 6.07) is 2.93. The molecule has 100 valence electrons. The lowest BCUT2D eigenvalue weighted by atomic mass is 10.1. The first-order valence-corrected chi connectivity index (χ1v) is 6.69. The highest BCUT2D eigenvalue weighted by Gasteiger charge is 2.24. The number of aliphatic carboxylic acids is 1. The standard InChI is InChI=1S/C11H15NO5S/c1-7-3-4-9(5-8(7)2)18(16,17)12-10(6-13)11(14)15/h3-5,10,12-13H,6H2,1-2H3,(H,14,15)/t10-/m0/s1. The third-order valence-electron chi connectivity index (χ3n) is 2.57. The summed E-state index contributed by atoms with van der Waals surface area (Å²) in [7, 11) is -3.95. The van der Waals surface area contributed by atoms with E-state index in [1.54, 1.807) is 13.0 Å². The molecule has 6 nitrogen and oxygen atoms in total. The Kier molecular flexibility index (Phi) is 4.44. The summed E-state index contributed by atoms with van der Waals surface area (Å²) in [4.78, 5) is 10.7. The number of benzene rings is 1. The number of aryl methyl sites for hydroxylation is 2. The lowest BCUT2D eigenvalue weighted by Crippen LogP contribution is -2.43.